The Hall–Kier alpha value is -1.43. The van der Waals surface area contributed by atoms with E-state index in [0.717, 1.165) is 45.6 Å². The number of amides is 1. The first-order valence-corrected chi connectivity index (χ1v) is 9.46. The summed E-state index contributed by atoms with van der Waals surface area (Å²) in [4.78, 5) is 14.6. The zero-order valence-corrected chi connectivity index (χ0v) is 15.1. The molecule has 0 radical (unpaired) electrons. The summed E-state index contributed by atoms with van der Waals surface area (Å²) in [6.45, 7) is 6.24. The molecule has 5 heteroatoms. The number of carbonyl (C=O) groups excluding carboxylic acids is 1. The number of ether oxygens (including phenoxy) is 1. The predicted octanol–water partition coefficient (Wildman–Crippen LogP) is 1.58. The minimum absolute atomic E-state index is 0.0158. The molecule has 1 saturated heterocycles. The SMILES string of the molecule is CC(C(=O)NCC(O)CN1CCc2ccccc2C1)C1CCOCC1. The third kappa shape index (κ3) is 5.03. The summed E-state index contributed by atoms with van der Waals surface area (Å²) >= 11 is 0. The van der Waals surface area contributed by atoms with Crippen LogP contribution >= 0.6 is 0 Å². The van der Waals surface area contributed by atoms with E-state index >= 15 is 0 Å². The Bertz CT molecular complexity index is 572. The van der Waals surface area contributed by atoms with Crippen molar-refractivity contribution in [3.05, 3.63) is 35.4 Å². The molecule has 2 unspecified atom stereocenters. The van der Waals surface area contributed by atoms with Crippen molar-refractivity contribution in [2.75, 3.05) is 32.8 Å². The van der Waals surface area contributed by atoms with Gasteiger partial charge in [-0.05, 0) is 36.3 Å². The number of β-amino-alcohol motifs (C(OH)–C–C–N with tert-alkyl or cyclic N) is 1. The van der Waals surface area contributed by atoms with E-state index in [1.165, 1.54) is 11.1 Å². The standard InChI is InChI=1S/C20H30N2O3/c1-15(16-7-10-25-11-8-16)20(24)21-12-19(23)14-22-9-6-17-4-2-3-5-18(17)13-22/h2-5,15-16,19,23H,6-14H2,1H3,(H,21,24). The van der Waals surface area contributed by atoms with E-state index in [2.05, 4.69) is 34.5 Å². The molecule has 2 aliphatic heterocycles. The van der Waals surface area contributed by atoms with Gasteiger partial charge >= 0.3 is 0 Å². The fourth-order valence-corrected chi connectivity index (χ4v) is 3.88. The minimum atomic E-state index is -0.531. The molecule has 2 aliphatic rings. The van der Waals surface area contributed by atoms with E-state index in [9.17, 15) is 9.90 Å². The predicted molar refractivity (Wildman–Crippen MR) is 97.1 cm³/mol. The van der Waals surface area contributed by atoms with Crippen molar-refractivity contribution < 1.29 is 14.6 Å². The van der Waals surface area contributed by atoms with E-state index in [-0.39, 0.29) is 11.8 Å². The first kappa shape index (κ1) is 18.4. The molecule has 1 aromatic rings. The highest BCUT2D eigenvalue weighted by molar-refractivity contribution is 5.78. The smallest absolute Gasteiger partial charge is 0.223 e. The third-order valence-electron chi connectivity index (χ3n) is 5.58. The summed E-state index contributed by atoms with van der Waals surface area (Å²) in [7, 11) is 0. The number of hydrogen-bond acceptors (Lipinski definition) is 4. The summed E-state index contributed by atoms with van der Waals surface area (Å²) in [5.41, 5.74) is 2.75. The van der Waals surface area contributed by atoms with Gasteiger partial charge in [0.05, 0.1) is 6.10 Å². The van der Waals surface area contributed by atoms with Gasteiger partial charge in [0.1, 0.15) is 0 Å². The van der Waals surface area contributed by atoms with Gasteiger partial charge in [-0.15, -0.1) is 0 Å². The quantitative estimate of drug-likeness (QED) is 0.821. The Morgan fingerprint density at radius 1 is 1.32 bits per heavy atom. The van der Waals surface area contributed by atoms with Crippen molar-refractivity contribution in [2.45, 2.75) is 38.8 Å². The lowest BCUT2D eigenvalue weighted by molar-refractivity contribution is -0.127. The Morgan fingerprint density at radius 3 is 2.80 bits per heavy atom. The molecule has 0 aromatic heterocycles. The van der Waals surface area contributed by atoms with Gasteiger partial charge < -0.3 is 15.2 Å². The van der Waals surface area contributed by atoms with Crippen LogP contribution < -0.4 is 5.32 Å². The fourth-order valence-electron chi connectivity index (χ4n) is 3.88. The van der Waals surface area contributed by atoms with Gasteiger partial charge in [0.2, 0.25) is 5.91 Å². The number of carbonyl (C=O) groups is 1. The van der Waals surface area contributed by atoms with Gasteiger partial charge in [0.25, 0.3) is 0 Å². The number of nitrogens with zero attached hydrogens (tertiary/aromatic N) is 1. The molecular weight excluding hydrogens is 316 g/mol. The second-order valence-electron chi connectivity index (χ2n) is 7.39. The molecule has 1 fully saturated rings. The molecule has 25 heavy (non-hydrogen) atoms. The Labute approximate surface area is 150 Å². The van der Waals surface area contributed by atoms with Gasteiger partial charge in [-0.2, -0.15) is 0 Å². The topological polar surface area (TPSA) is 61.8 Å². The van der Waals surface area contributed by atoms with Gasteiger partial charge in [-0.1, -0.05) is 31.2 Å². The minimum Gasteiger partial charge on any atom is -0.390 e. The van der Waals surface area contributed by atoms with Crippen molar-refractivity contribution in [2.24, 2.45) is 11.8 Å². The average molecular weight is 346 g/mol. The molecule has 0 spiro atoms. The van der Waals surface area contributed by atoms with Crippen molar-refractivity contribution in [1.29, 1.82) is 0 Å². The number of aliphatic hydroxyl groups is 1. The highest BCUT2D eigenvalue weighted by Crippen LogP contribution is 2.23. The highest BCUT2D eigenvalue weighted by atomic mass is 16.5. The van der Waals surface area contributed by atoms with Crippen LogP contribution in [0.25, 0.3) is 0 Å². The Morgan fingerprint density at radius 2 is 2.04 bits per heavy atom. The van der Waals surface area contributed by atoms with Gasteiger partial charge in [0.15, 0.2) is 0 Å². The zero-order valence-electron chi connectivity index (χ0n) is 15.1. The van der Waals surface area contributed by atoms with Crippen molar-refractivity contribution in [3.63, 3.8) is 0 Å². The van der Waals surface area contributed by atoms with Crippen LogP contribution in [0.15, 0.2) is 24.3 Å². The van der Waals surface area contributed by atoms with E-state index in [4.69, 9.17) is 4.74 Å². The third-order valence-corrected chi connectivity index (χ3v) is 5.58. The van der Waals surface area contributed by atoms with E-state index < -0.39 is 6.10 Å². The lowest BCUT2D eigenvalue weighted by Crippen LogP contribution is -2.44. The van der Waals surface area contributed by atoms with E-state index in [1.807, 2.05) is 6.92 Å². The number of benzene rings is 1. The second kappa shape index (κ2) is 8.79. The van der Waals surface area contributed by atoms with Crippen LogP contribution in [0, 0.1) is 11.8 Å². The summed E-state index contributed by atoms with van der Waals surface area (Å²) < 4.78 is 5.36. The number of hydrogen-bond donors (Lipinski definition) is 2. The summed E-state index contributed by atoms with van der Waals surface area (Å²) in [6, 6.07) is 8.49. The molecular formula is C20H30N2O3. The van der Waals surface area contributed by atoms with Crippen LogP contribution in [0.4, 0.5) is 0 Å². The molecule has 3 rings (SSSR count). The molecule has 0 aliphatic carbocycles. The molecule has 2 heterocycles. The molecule has 0 saturated carbocycles. The molecule has 0 bridgehead atoms. The zero-order chi connectivity index (χ0) is 17.6. The summed E-state index contributed by atoms with van der Waals surface area (Å²) in [5, 5.41) is 13.2. The molecule has 1 aromatic carbocycles. The van der Waals surface area contributed by atoms with Crippen LogP contribution in [-0.4, -0.2) is 54.9 Å². The van der Waals surface area contributed by atoms with Crippen LogP contribution in [0.5, 0.6) is 0 Å². The maximum absolute atomic E-state index is 12.3. The monoisotopic (exact) mass is 346 g/mol. The Kier molecular flexibility index (Phi) is 6.45. The number of aliphatic hydroxyl groups excluding tert-OH is 1. The van der Waals surface area contributed by atoms with Gasteiger partial charge in [-0.25, -0.2) is 0 Å². The van der Waals surface area contributed by atoms with Crippen molar-refractivity contribution in [1.82, 2.24) is 10.2 Å². The summed E-state index contributed by atoms with van der Waals surface area (Å²) in [6.07, 6.45) is 2.39. The maximum atomic E-state index is 12.3. The van der Waals surface area contributed by atoms with Crippen LogP contribution in [0.3, 0.4) is 0 Å². The molecule has 5 nitrogen and oxygen atoms in total. The molecule has 2 N–H and O–H groups in total. The van der Waals surface area contributed by atoms with E-state index in [1.54, 1.807) is 0 Å². The van der Waals surface area contributed by atoms with E-state index in [0.29, 0.717) is 19.0 Å². The van der Waals surface area contributed by atoms with Gasteiger partial charge in [-0.3, -0.25) is 9.69 Å². The summed E-state index contributed by atoms with van der Waals surface area (Å²) in [5.74, 6) is 0.428. The highest BCUT2D eigenvalue weighted by Gasteiger charge is 2.26. The van der Waals surface area contributed by atoms with Gasteiger partial charge in [0, 0.05) is 45.3 Å². The number of rotatable bonds is 6. The molecule has 138 valence electrons. The fraction of sp³-hybridized carbons (Fsp3) is 0.650. The van der Waals surface area contributed by atoms with Crippen LogP contribution in [0.1, 0.15) is 30.9 Å². The van der Waals surface area contributed by atoms with Crippen LogP contribution in [0.2, 0.25) is 0 Å². The lowest BCUT2D eigenvalue weighted by Gasteiger charge is -2.31. The van der Waals surface area contributed by atoms with Crippen LogP contribution in [-0.2, 0) is 22.5 Å². The molecule has 2 atom stereocenters. The first-order valence-electron chi connectivity index (χ1n) is 9.46. The lowest BCUT2D eigenvalue weighted by atomic mass is 9.87. The average Bonchev–Trinajstić information content (AvgIpc) is 2.66. The number of fused-ring (bicyclic) bond motifs is 1. The Balaban J connectivity index is 1.40. The normalized spacial score (nSPS) is 21.4. The molecule has 1 amide bonds. The van der Waals surface area contributed by atoms with Crippen molar-refractivity contribution in [3.8, 4) is 0 Å². The second-order valence-corrected chi connectivity index (χ2v) is 7.39. The number of nitrogens with one attached hydrogen (secondary N) is 1. The maximum Gasteiger partial charge on any atom is 0.223 e. The largest absolute Gasteiger partial charge is 0.390 e. The van der Waals surface area contributed by atoms with Crippen molar-refractivity contribution >= 4 is 5.91 Å². The first-order chi connectivity index (χ1) is 12.1.